The third kappa shape index (κ3) is 5.02. The monoisotopic (exact) mass is 360 g/mol. The first-order valence-corrected chi connectivity index (χ1v) is 9.77. The summed E-state index contributed by atoms with van der Waals surface area (Å²) in [6.07, 6.45) is 3.31. The normalized spacial score (nSPS) is 27.4. The number of aliphatic hydroxyl groups is 1. The van der Waals surface area contributed by atoms with Crippen molar-refractivity contribution in [3.63, 3.8) is 0 Å². The van der Waals surface area contributed by atoms with Gasteiger partial charge in [-0.1, -0.05) is 0 Å². The average molecular weight is 361 g/mol. The van der Waals surface area contributed by atoms with Gasteiger partial charge in [-0.25, -0.2) is 4.99 Å². The first-order valence-electron chi connectivity index (χ1n) is 9.77. The van der Waals surface area contributed by atoms with Crippen molar-refractivity contribution < 1.29 is 9.52 Å². The Morgan fingerprint density at radius 3 is 2.58 bits per heavy atom. The van der Waals surface area contributed by atoms with Gasteiger partial charge in [0.2, 0.25) is 0 Å². The lowest BCUT2D eigenvalue weighted by molar-refractivity contribution is 0.123. The molecule has 1 saturated heterocycles. The molecular weight excluding hydrogens is 328 g/mol. The molecule has 1 aromatic heterocycles. The van der Waals surface area contributed by atoms with Crippen LogP contribution in [0.2, 0.25) is 0 Å². The molecule has 1 unspecified atom stereocenters. The highest BCUT2D eigenvalue weighted by molar-refractivity contribution is 5.91. The van der Waals surface area contributed by atoms with Gasteiger partial charge in [-0.2, -0.15) is 0 Å². The van der Waals surface area contributed by atoms with Crippen molar-refractivity contribution in [3.05, 3.63) is 23.7 Å². The number of aliphatic imine (C=N–C) groups is 2. The van der Waals surface area contributed by atoms with Crippen molar-refractivity contribution >= 4 is 12.6 Å². The van der Waals surface area contributed by atoms with Gasteiger partial charge in [0.15, 0.2) is 0 Å². The van der Waals surface area contributed by atoms with Crippen LogP contribution in [0.25, 0.3) is 0 Å². The first-order chi connectivity index (χ1) is 12.5. The SMILES string of the molecule is C=NC(=NC1CCC(O)CC1)C(C)c1ccc(CN2CCN(C)CC2)o1. The van der Waals surface area contributed by atoms with E-state index < -0.39 is 0 Å². The third-order valence-electron chi connectivity index (χ3n) is 5.61. The van der Waals surface area contributed by atoms with E-state index >= 15 is 0 Å². The zero-order chi connectivity index (χ0) is 18.5. The summed E-state index contributed by atoms with van der Waals surface area (Å²) in [4.78, 5) is 13.8. The molecule has 26 heavy (non-hydrogen) atoms. The molecule has 0 bridgehead atoms. The molecule has 0 radical (unpaired) electrons. The molecule has 3 rings (SSSR count). The fourth-order valence-electron chi connectivity index (χ4n) is 3.73. The first kappa shape index (κ1) is 19.3. The number of hydrogen-bond donors (Lipinski definition) is 1. The van der Waals surface area contributed by atoms with Crippen molar-refractivity contribution in [2.75, 3.05) is 33.2 Å². The molecule has 1 aromatic rings. The predicted octanol–water partition coefficient (Wildman–Crippen LogP) is 2.53. The molecule has 0 spiro atoms. The van der Waals surface area contributed by atoms with Gasteiger partial charge in [-0.15, -0.1) is 0 Å². The van der Waals surface area contributed by atoms with Crippen LogP contribution in [0, 0.1) is 0 Å². The Bertz CT molecular complexity index is 611. The molecule has 0 aromatic carbocycles. The van der Waals surface area contributed by atoms with Crippen molar-refractivity contribution in [2.24, 2.45) is 9.98 Å². The fraction of sp³-hybridized carbons (Fsp3) is 0.700. The van der Waals surface area contributed by atoms with E-state index in [1.165, 1.54) is 0 Å². The summed E-state index contributed by atoms with van der Waals surface area (Å²) in [6.45, 7) is 11.0. The average Bonchev–Trinajstić information content (AvgIpc) is 3.11. The molecule has 1 atom stereocenters. The van der Waals surface area contributed by atoms with Crippen LogP contribution in [0.15, 0.2) is 26.5 Å². The number of likely N-dealkylation sites (N-methyl/N-ethyl adjacent to an activating group) is 1. The van der Waals surface area contributed by atoms with E-state index in [9.17, 15) is 5.11 Å². The van der Waals surface area contributed by atoms with E-state index in [1.54, 1.807) is 0 Å². The van der Waals surface area contributed by atoms with Crippen LogP contribution in [-0.2, 0) is 6.54 Å². The van der Waals surface area contributed by atoms with Crippen LogP contribution in [0.1, 0.15) is 50.0 Å². The lowest BCUT2D eigenvalue weighted by atomic mass is 9.93. The van der Waals surface area contributed by atoms with Gasteiger partial charge in [0, 0.05) is 26.2 Å². The predicted molar refractivity (Wildman–Crippen MR) is 105 cm³/mol. The van der Waals surface area contributed by atoms with Crippen molar-refractivity contribution in [3.8, 4) is 0 Å². The minimum atomic E-state index is -0.166. The van der Waals surface area contributed by atoms with Crippen LogP contribution in [0.4, 0.5) is 0 Å². The number of nitrogens with zero attached hydrogens (tertiary/aromatic N) is 4. The molecule has 1 aliphatic heterocycles. The zero-order valence-corrected chi connectivity index (χ0v) is 16.1. The second-order valence-electron chi connectivity index (χ2n) is 7.71. The number of amidine groups is 1. The second kappa shape index (κ2) is 8.93. The Labute approximate surface area is 156 Å². The lowest BCUT2D eigenvalue weighted by Crippen LogP contribution is -2.43. The largest absolute Gasteiger partial charge is 0.464 e. The van der Waals surface area contributed by atoms with E-state index in [4.69, 9.17) is 9.41 Å². The number of rotatable bonds is 5. The number of aliphatic hydroxyl groups excluding tert-OH is 1. The molecule has 6 heteroatoms. The second-order valence-corrected chi connectivity index (χ2v) is 7.71. The van der Waals surface area contributed by atoms with Gasteiger partial charge in [0.25, 0.3) is 0 Å². The third-order valence-corrected chi connectivity index (χ3v) is 5.61. The van der Waals surface area contributed by atoms with Crippen LogP contribution < -0.4 is 0 Å². The van der Waals surface area contributed by atoms with Crippen molar-refractivity contribution in [1.29, 1.82) is 0 Å². The van der Waals surface area contributed by atoms with Crippen LogP contribution in [0.5, 0.6) is 0 Å². The molecule has 1 aliphatic carbocycles. The van der Waals surface area contributed by atoms with Crippen LogP contribution in [-0.4, -0.2) is 72.8 Å². The molecule has 0 amide bonds. The Hall–Kier alpha value is -1.50. The zero-order valence-electron chi connectivity index (χ0n) is 16.1. The molecule has 2 fully saturated rings. The number of piperazine rings is 1. The topological polar surface area (TPSA) is 64.6 Å². The molecule has 144 valence electrons. The van der Waals surface area contributed by atoms with Gasteiger partial charge in [-0.05, 0) is 58.5 Å². The van der Waals surface area contributed by atoms with Crippen LogP contribution in [0.3, 0.4) is 0 Å². The maximum absolute atomic E-state index is 9.65. The summed E-state index contributed by atoms with van der Waals surface area (Å²) >= 11 is 0. The van der Waals surface area contributed by atoms with E-state index in [2.05, 4.69) is 41.5 Å². The number of furan rings is 1. The minimum Gasteiger partial charge on any atom is -0.464 e. The Balaban J connectivity index is 1.60. The summed E-state index contributed by atoms with van der Waals surface area (Å²) in [5, 5.41) is 9.65. The maximum Gasteiger partial charge on any atom is 0.133 e. The highest BCUT2D eigenvalue weighted by atomic mass is 16.3. The van der Waals surface area contributed by atoms with Gasteiger partial charge in [0.1, 0.15) is 17.4 Å². The van der Waals surface area contributed by atoms with Crippen molar-refractivity contribution in [2.45, 2.75) is 57.2 Å². The van der Waals surface area contributed by atoms with Gasteiger partial charge in [-0.3, -0.25) is 9.89 Å². The summed E-state index contributed by atoms with van der Waals surface area (Å²) < 4.78 is 6.10. The maximum atomic E-state index is 9.65. The quantitative estimate of drug-likeness (QED) is 0.647. The summed E-state index contributed by atoms with van der Waals surface area (Å²) in [6, 6.07) is 4.35. The highest BCUT2D eigenvalue weighted by Crippen LogP contribution is 2.25. The molecule has 2 aliphatic rings. The summed E-state index contributed by atoms with van der Waals surface area (Å²) in [5.41, 5.74) is 0. The van der Waals surface area contributed by atoms with E-state index in [1.807, 2.05) is 6.07 Å². The summed E-state index contributed by atoms with van der Waals surface area (Å²) in [5.74, 6) is 2.64. The smallest absolute Gasteiger partial charge is 0.133 e. The Morgan fingerprint density at radius 1 is 1.23 bits per heavy atom. The lowest BCUT2D eigenvalue weighted by Gasteiger charge is -2.31. The highest BCUT2D eigenvalue weighted by Gasteiger charge is 2.23. The molecular formula is C20H32N4O2. The minimum absolute atomic E-state index is 0.000546. The van der Waals surface area contributed by atoms with Gasteiger partial charge in [0.05, 0.1) is 24.6 Å². The van der Waals surface area contributed by atoms with Crippen LogP contribution >= 0.6 is 0 Å². The molecule has 6 nitrogen and oxygen atoms in total. The van der Waals surface area contributed by atoms with Gasteiger partial charge >= 0.3 is 0 Å². The van der Waals surface area contributed by atoms with E-state index in [0.29, 0.717) is 0 Å². The molecule has 1 N–H and O–H groups in total. The van der Waals surface area contributed by atoms with Crippen molar-refractivity contribution in [1.82, 2.24) is 9.80 Å². The van der Waals surface area contributed by atoms with E-state index in [0.717, 1.165) is 75.8 Å². The standard InChI is InChI=1S/C20H32N4O2/c1-15(20(21-2)22-16-4-6-17(25)7-5-16)19-9-8-18(26-19)14-24-12-10-23(3)11-13-24/h8-9,15-17,25H,2,4-7,10-14H2,1,3H3. The fourth-order valence-corrected chi connectivity index (χ4v) is 3.73. The number of hydrogen-bond acceptors (Lipinski definition) is 5. The molecule has 1 saturated carbocycles. The summed E-state index contributed by atoms with van der Waals surface area (Å²) in [7, 11) is 2.17. The molecule has 2 heterocycles. The van der Waals surface area contributed by atoms with E-state index in [-0.39, 0.29) is 18.1 Å². The van der Waals surface area contributed by atoms with Gasteiger partial charge < -0.3 is 14.4 Å². The Kier molecular flexibility index (Phi) is 6.62. The Morgan fingerprint density at radius 2 is 1.92 bits per heavy atom.